The number of hydrogen-bond donors (Lipinski definition) is 8. The van der Waals surface area contributed by atoms with Crippen LogP contribution >= 0.6 is 19.2 Å². The number of phosphoric acid groups is 1. The third-order valence-corrected chi connectivity index (χ3v) is 11.7. The first-order valence-corrected chi connectivity index (χ1v) is 23.3. The van der Waals surface area contributed by atoms with Crippen LogP contribution in [-0.4, -0.2) is 132 Å². The first-order valence-electron chi connectivity index (χ1n) is 20.9. The number of nitrogens with zero attached hydrogens (tertiary/aromatic N) is 5. The summed E-state index contributed by atoms with van der Waals surface area (Å²) in [5, 5.41) is 26.2. The van der Waals surface area contributed by atoms with Crippen LogP contribution in [0.4, 0.5) is 0 Å². The number of phosphoric ester groups is 1. The van der Waals surface area contributed by atoms with Gasteiger partial charge in [-0.3, -0.25) is 33.3 Å². The minimum atomic E-state index is -5.12. The lowest BCUT2D eigenvalue weighted by Gasteiger charge is -2.28. The second kappa shape index (κ2) is 24.6. The van der Waals surface area contributed by atoms with Crippen molar-refractivity contribution in [2.45, 2.75) is 115 Å². The van der Waals surface area contributed by atoms with Crippen LogP contribution in [0, 0.1) is 5.92 Å². The topological polar surface area (TPSA) is 311 Å². The predicted molar refractivity (Wildman–Crippen MR) is 233 cm³/mol. The molecule has 4 rings (SSSR count). The summed E-state index contributed by atoms with van der Waals surface area (Å²) in [4.78, 5) is 110. The zero-order valence-corrected chi connectivity index (χ0v) is 37.9. The van der Waals surface area contributed by atoms with Crippen molar-refractivity contribution in [1.29, 1.82) is 0 Å². The van der Waals surface area contributed by atoms with Crippen LogP contribution in [0.25, 0.3) is 5.69 Å². The Hall–Kier alpha value is -5.45. The number of imidazole rings is 1. The quantitative estimate of drug-likeness (QED) is 0.0235. The molecule has 0 spiro atoms. The van der Waals surface area contributed by atoms with E-state index in [1.165, 1.54) is 18.0 Å². The summed E-state index contributed by atoms with van der Waals surface area (Å²) in [5.41, 5.74) is 6.87. The number of thiophene rings is 1. The Morgan fingerprint density at radius 3 is 2.34 bits per heavy atom. The average Bonchev–Trinajstić information content (AvgIpc) is 4.07. The molecule has 9 N–H and O–H groups in total. The van der Waals surface area contributed by atoms with Crippen molar-refractivity contribution in [2.24, 2.45) is 16.8 Å². The zero-order chi connectivity index (χ0) is 47.0. The second-order valence-corrected chi connectivity index (χ2v) is 17.9. The monoisotopic (exact) mass is 934 g/mol. The van der Waals surface area contributed by atoms with Crippen molar-refractivity contribution < 1.29 is 57.6 Å². The van der Waals surface area contributed by atoms with Crippen LogP contribution < -0.4 is 27.0 Å². The van der Waals surface area contributed by atoms with E-state index in [4.69, 9.17) is 10.6 Å². The molecule has 0 bridgehead atoms. The van der Waals surface area contributed by atoms with E-state index >= 15 is 0 Å². The number of aryl methyl sites for hydroxylation is 1. The van der Waals surface area contributed by atoms with E-state index in [1.807, 2.05) is 54.4 Å². The number of unbranched alkanes of at least 4 members (excludes halogenated alkanes) is 2. The number of aliphatic hydroxyl groups is 1. The molecular weight excluding hydrogens is 876 g/mol. The number of hydrogen-bond acceptors (Lipinski definition) is 13. The van der Waals surface area contributed by atoms with Crippen molar-refractivity contribution in [3.05, 3.63) is 59.1 Å². The predicted octanol–water partition coefficient (Wildman–Crippen LogP) is 0.470. The number of amides is 6. The van der Waals surface area contributed by atoms with Gasteiger partial charge in [-0.1, -0.05) is 19.0 Å². The third-order valence-electron chi connectivity index (χ3n) is 10.3. The van der Waals surface area contributed by atoms with E-state index in [2.05, 4.69) is 35.9 Å². The molecule has 6 atom stereocenters. The fourth-order valence-electron chi connectivity index (χ4n) is 7.10. The number of nitrogens with two attached hydrogens (primary N) is 1. The van der Waals surface area contributed by atoms with Gasteiger partial charge in [-0.05, 0) is 74.9 Å². The molecular formula is C40H59N10O12PS. The molecule has 4 heterocycles. The lowest BCUT2D eigenvalue weighted by molar-refractivity contribution is -0.139. The van der Waals surface area contributed by atoms with E-state index in [1.54, 1.807) is 28.4 Å². The number of rotatable bonds is 26. The van der Waals surface area contributed by atoms with Crippen LogP contribution in [0.5, 0.6) is 0 Å². The third kappa shape index (κ3) is 15.7. The molecule has 0 aliphatic carbocycles. The van der Waals surface area contributed by atoms with E-state index < -0.39 is 80.3 Å². The van der Waals surface area contributed by atoms with Crippen molar-refractivity contribution in [3.63, 3.8) is 0 Å². The van der Waals surface area contributed by atoms with Gasteiger partial charge in [-0.15, -0.1) is 11.3 Å². The summed E-state index contributed by atoms with van der Waals surface area (Å²) >= 11 is 1.54. The van der Waals surface area contributed by atoms with Gasteiger partial charge in [-0.25, -0.2) is 9.55 Å². The van der Waals surface area contributed by atoms with Crippen LogP contribution in [0.3, 0.4) is 0 Å². The molecule has 0 radical (unpaired) electrons. The molecule has 1 aliphatic rings. The Morgan fingerprint density at radius 2 is 1.69 bits per heavy atom. The van der Waals surface area contributed by atoms with Crippen molar-refractivity contribution in [3.8, 4) is 5.69 Å². The highest BCUT2D eigenvalue weighted by molar-refractivity contribution is 7.46. The van der Waals surface area contributed by atoms with Crippen LogP contribution in [0.2, 0.25) is 0 Å². The molecule has 1 aliphatic heterocycles. The van der Waals surface area contributed by atoms with Gasteiger partial charge < -0.3 is 60.8 Å². The molecule has 0 saturated carbocycles. The first-order chi connectivity index (χ1) is 30.4. The minimum Gasteiger partial charge on any atom is -0.396 e. The molecule has 3 aromatic rings. The van der Waals surface area contributed by atoms with E-state index in [0.717, 1.165) is 23.9 Å². The Morgan fingerprint density at radius 1 is 1.00 bits per heavy atom. The highest BCUT2D eigenvalue weighted by Crippen LogP contribution is 2.38. The van der Waals surface area contributed by atoms with E-state index in [-0.39, 0.29) is 24.7 Å². The molecule has 64 heavy (non-hydrogen) atoms. The summed E-state index contributed by atoms with van der Waals surface area (Å²) in [6.45, 7) is 6.36. The van der Waals surface area contributed by atoms with Crippen LogP contribution in [0.1, 0.15) is 76.8 Å². The highest BCUT2D eigenvalue weighted by atomic mass is 32.1. The van der Waals surface area contributed by atoms with E-state index in [0.29, 0.717) is 51.1 Å². The summed E-state index contributed by atoms with van der Waals surface area (Å²) in [7, 11) is -5.12. The smallest absolute Gasteiger partial charge is 0.396 e. The van der Waals surface area contributed by atoms with Crippen molar-refractivity contribution >= 4 is 60.8 Å². The van der Waals surface area contributed by atoms with Crippen LogP contribution in [0.15, 0.2) is 53.7 Å². The molecule has 0 aromatic carbocycles. The molecule has 0 unspecified atom stereocenters. The second-order valence-electron chi connectivity index (χ2n) is 15.7. The standard InChI is InChI=1S/C40H59N10O12PS/c1-25(2)19-29(45-40(57)33-11-10-16-50(33)27(4)52)37(54)44-30(38(55)46-31(23-51)39(56)47-35(36(41)53)26(3)62-63(58,59)60)20-28-21-42-24-49(28)15-6-5-9-17-61-43-22-34-32(12-18-64-34)48-13-7-8-14-48/h7-8,12-14,18,21-22,24-26,29-31,33,35,51H,5-6,9-11,15-17,19-20,23H2,1-4H3,(H2,41,53)(H,44,54)(H,45,57)(H,46,55)(H,47,56)(H2,58,59,60)/b43-22+/t26-,29+,30+,31+,33+,35+/m1/s1. The van der Waals surface area contributed by atoms with Gasteiger partial charge in [0.15, 0.2) is 0 Å². The van der Waals surface area contributed by atoms with Crippen molar-refractivity contribution in [1.82, 2.24) is 40.3 Å². The normalized spacial score (nSPS) is 16.5. The number of aromatic nitrogens is 3. The molecule has 22 nitrogen and oxygen atoms in total. The molecule has 1 saturated heterocycles. The summed E-state index contributed by atoms with van der Waals surface area (Å²) in [5.74, 6) is -4.96. The number of oxime groups is 1. The molecule has 352 valence electrons. The summed E-state index contributed by atoms with van der Waals surface area (Å²) in [6.07, 6.45) is 10.2. The Balaban J connectivity index is 1.45. The SMILES string of the molecule is CC(=O)N1CCC[C@H]1C(=O)N[C@@H](CC(C)C)C(=O)N[C@@H](Cc1cncn1CCCCCO/N=C/c1sccc1-n1cccc1)C(=O)N[C@@H](CO)C(=O)N[C@H](C(N)=O)[C@@H](C)OP(=O)(O)O. The van der Waals surface area contributed by atoms with Gasteiger partial charge in [0.05, 0.1) is 35.8 Å². The maximum absolute atomic E-state index is 14.0. The zero-order valence-electron chi connectivity index (χ0n) is 36.2. The minimum absolute atomic E-state index is 0.101. The fraction of sp³-hybridized carbons (Fsp3) is 0.550. The van der Waals surface area contributed by atoms with Gasteiger partial charge in [0.2, 0.25) is 35.4 Å². The van der Waals surface area contributed by atoms with Crippen molar-refractivity contribution in [2.75, 3.05) is 19.8 Å². The number of carbonyl (C=O) groups is 6. The summed E-state index contributed by atoms with van der Waals surface area (Å²) < 4.78 is 19.7. The fourth-order valence-corrected chi connectivity index (χ4v) is 8.39. The average molecular weight is 935 g/mol. The van der Waals surface area contributed by atoms with E-state index in [9.17, 15) is 48.2 Å². The molecule has 6 amide bonds. The number of aliphatic hydroxyl groups excluding tert-OH is 1. The Kier molecular flexibility index (Phi) is 19.6. The molecule has 24 heteroatoms. The maximum Gasteiger partial charge on any atom is 0.469 e. The first kappa shape index (κ1) is 51.2. The van der Waals surface area contributed by atoms with Gasteiger partial charge in [0.25, 0.3) is 0 Å². The van der Waals surface area contributed by atoms with Gasteiger partial charge in [0.1, 0.15) is 36.8 Å². The molecule has 1 fully saturated rings. The summed E-state index contributed by atoms with van der Waals surface area (Å²) in [6, 6.07) is -0.987. The number of carbonyl (C=O) groups excluding carboxylic acids is 6. The Bertz CT molecular complexity index is 2100. The lowest BCUT2D eigenvalue weighted by atomic mass is 10.0. The number of nitrogens with one attached hydrogen (secondary N) is 4. The van der Waals surface area contributed by atoms with Crippen LogP contribution in [-0.2, 0) is 55.7 Å². The Labute approximate surface area is 374 Å². The van der Waals surface area contributed by atoms with Gasteiger partial charge >= 0.3 is 7.82 Å². The number of likely N-dealkylation sites (tertiary alicyclic amines) is 1. The maximum atomic E-state index is 14.0. The highest BCUT2D eigenvalue weighted by Gasteiger charge is 2.37. The largest absolute Gasteiger partial charge is 0.469 e. The molecule has 3 aromatic heterocycles. The van der Waals surface area contributed by atoms with Gasteiger partial charge in [-0.2, -0.15) is 0 Å². The van der Waals surface area contributed by atoms with Gasteiger partial charge in [0, 0.05) is 50.7 Å². The lowest BCUT2D eigenvalue weighted by Crippen LogP contribution is -2.61. The number of primary amides is 1.